The first kappa shape index (κ1) is 16.2. The molecule has 0 aliphatic heterocycles. The van der Waals surface area contributed by atoms with Crippen LogP contribution in [-0.2, 0) is 0 Å². The first-order valence-corrected chi connectivity index (χ1v) is 8.25. The number of hydrogen-bond donors (Lipinski definition) is 2. The van der Waals surface area contributed by atoms with Gasteiger partial charge in [-0.15, -0.1) is 11.3 Å². The van der Waals surface area contributed by atoms with Gasteiger partial charge in [-0.2, -0.15) is 0 Å². The van der Waals surface area contributed by atoms with Gasteiger partial charge in [-0.05, 0) is 41.8 Å². The summed E-state index contributed by atoms with van der Waals surface area (Å²) in [6, 6.07) is 11.6. The number of carbonyl (C=O) groups excluding carboxylic acids is 2. The number of pyridine rings is 1. The van der Waals surface area contributed by atoms with E-state index < -0.39 is 0 Å². The maximum Gasteiger partial charge on any atom is 0.265 e. The van der Waals surface area contributed by atoms with E-state index in [0.717, 1.165) is 0 Å². The lowest BCUT2D eigenvalue weighted by Gasteiger charge is -2.09. The van der Waals surface area contributed by atoms with E-state index in [1.807, 2.05) is 5.38 Å². The Morgan fingerprint density at radius 3 is 2.50 bits per heavy atom. The maximum absolute atomic E-state index is 12.3. The Balaban J connectivity index is 1.78. The predicted molar refractivity (Wildman–Crippen MR) is 95.9 cm³/mol. The molecule has 0 spiro atoms. The summed E-state index contributed by atoms with van der Waals surface area (Å²) in [5.74, 6) is -0.567. The molecule has 1 aromatic carbocycles. The summed E-state index contributed by atoms with van der Waals surface area (Å²) in [6.07, 6.45) is 3.17. The third-order valence-corrected chi connectivity index (χ3v) is 4.36. The van der Waals surface area contributed by atoms with Crippen LogP contribution in [0.1, 0.15) is 20.0 Å². The molecule has 0 aliphatic rings. The number of rotatable bonds is 4. The van der Waals surface area contributed by atoms with Crippen molar-refractivity contribution in [1.82, 2.24) is 4.98 Å². The van der Waals surface area contributed by atoms with Crippen LogP contribution in [0.2, 0.25) is 5.02 Å². The van der Waals surface area contributed by atoms with E-state index in [2.05, 4.69) is 15.6 Å². The lowest BCUT2D eigenvalue weighted by molar-refractivity contribution is 0.101. The van der Waals surface area contributed by atoms with Crippen molar-refractivity contribution in [1.29, 1.82) is 0 Å². The van der Waals surface area contributed by atoms with E-state index in [1.165, 1.54) is 11.3 Å². The largest absolute Gasteiger partial charge is 0.322 e. The number of carbonyl (C=O) groups is 2. The average Bonchev–Trinajstić information content (AvgIpc) is 3.12. The van der Waals surface area contributed by atoms with Crippen molar-refractivity contribution >= 4 is 46.1 Å². The minimum absolute atomic E-state index is 0.265. The Labute approximate surface area is 147 Å². The molecule has 0 bridgehead atoms. The molecule has 3 aromatic rings. The zero-order valence-electron chi connectivity index (χ0n) is 12.3. The monoisotopic (exact) mass is 357 g/mol. The fraction of sp³-hybridized carbons (Fsp3) is 0. The van der Waals surface area contributed by atoms with Gasteiger partial charge in [-0.25, -0.2) is 0 Å². The summed E-state index contributed by atoms with van der Waals surface area (Å²) < 4.78 is 0. The average molecular weight is 358 g/mol. The fourth-order valence-corrected chi connectivity index (χ4v) is 2.78. The second-order valence-corrected chi connectivity index (χ2v) is 6.17. The zero-order chi connectivity index (χ0) is 16.9. The Bertz CT molecular complexity index is 867. The van der Waals surface area contributed by atoms with Crippen molar-refractivity contribution in [2.75, 3.05) is 10.6 Å². The molecule has 0 saturated heterocycles. The van der Waals surface area contributed by atoms with Crippen LogP contribution in [0.15, 0.2) is 60.2 Å². The summed E-state index contributed by atoms with van der Waals surface area (Å²) in [5.41, 5.74) is 1.41. The highest BCUT2D eigenvalue weighted by molar-refractivity contribution is 7.12. The molecule has 0 saturated carbocycles. The molecule has 0 aliphatic carbocycles. The van der Waals surface area contributed by atoms with Gasteiger partial charge in [0.15, 0.2) is 0 Å². The molecule has 5 nitrogen and oxygen atoms in total. The van der Waals surface area contributed by atoms with Crippen molar-refractivity contribution < 1.29 is 9.59 Å². The number of anilines is 2. The molecule has 24 heavy (non-hydrogen) atoms. The topological polar surface area (TPSA) is 71.1 Å². The number of amides is 2. The first-order chi connectivity index (χ1) is 11.6. The van der Waals surface area contributed by atoms with Gasteiger partial charge in [0.2, 0.25) is 0 Å². The van der Waals surface area contributed by atoms with Gasteiger partial charge in [-0.1, -0.05) is 17.7 Å². The standard InChI is InChI=1S/C17H12ClN3O2S/c18-13-4-3-11(16(22)20-12-5-7-19-8-6-12)10-14(13)21-17(23)15-2-1-9-24-15/h1-10H,(H,21,23)(H,19,20,22). The molecular formula is C17H12ClN3O2S. The molecule has 7 heteroatoms. The highest BCUT2D eigenvalue weighted by Crippen LogP contribution is 2.25. The number of halogens is 1. The number of benzene rings is 1. The number of nitrogens with one attached hydrogen (secondary N) is 2. The molecule has 2 amide bonds. The van der Waals surface area contributed by atoms with E-state index in [1.54, 1.807) is 54.9 Å². The Hall–Kier alpha value is -2.70. The highest BCUT2D eigenvalue weighted by Gasteiger charge is 2.13. The third-order valence-electron chi connectivity index (χ3n) is 3.16. The second kappa shape index (κ2) is 7.25. The van der Waals surface area contributed by atoms with Crippen LogP contribution in [0.4, 0.5) is 11.4 Å². The summed E-state index contributed by atoms with van der Waals surface area (Å²) >= 11 is 7.44. The lowest BCUT2D eigenvalue weighted by Crippen LogP contribution is -2.14. The normalized spacial score (nSPS) is 10.2. The highest BCUT2D eigenvalue weighted by atomic mass is 35.5. The molecule has 3 rings (SSSR count). The van der Waals surface area contributed by atoms with Gasteiger partial charge >= 0.3 is 0 Å². The molecule has 120 valence electrons. The quantitative estimate of drug-likeness (QED) is 0.731. The fourth-order valence-electron chi connectivity index (χ4n) is 1.99. The summed E-state index contributed by atoms with van der Waals surface area (Å²) in [6.45, 7) is 0. The van der Waals surface area contributed by atoms with Crippen LogP contribution in [-0.4, -0.2) is 16.8 Å². The van der Waals surface area contributed by atoms with E-state index in [0.29, 0.717) is 26.8 Å². The molecule has 0 radical (unpaired) electrons. The number of nitrogens with zero attached hydrogens (tertiary/aromatic N) is 1. The first-order valence-electron chi connectivity index (χ1n) is 6.99. The number of aromatic nitrogens is 1. The molecule has 0 fully saturated rings. The van der Waals surface area contributed by atoms with Crippen LogP contribution < -0.4 is 10.6 Å². The number of thiophene rings is 1. The Morgan fingerprint density at radius 2 is 1.79 bits per heavy atom. The zero-order valence-corrected chi connectivity index (χ0v) is 13.9. The van der Waals surface area contributed by atoms with E-state index >= 15 is 0 Å². The van der Waals surface area contributed by atoms with Crippen LogP contribution in [0.3, 0.4) is 0 Å². The van der Waals surface area contributed by atoms with Crippen LogP contribution >= 0.6 is 22.9 Å². The predicted octanol–water partition coefficient (Wildman–Crippen LogP) is 4.30. The van der Waals surface area contributed by atoms with Crippen molar-refractivity contribution in [3.63, 3.8) is 0 Å². The lowest BCUT2D eigenvalue weighted by atomic mass is 10.1. The summed E-state index contributed by atoms with van der Waals surface area (Å²) in [5, 5.41) is 7.65. The van der Waals surface area contributed by atoms with Crippen molar-refractivity contribution in [2.45, 2.75) is 0 Å². The minimum Gasteiger partial charge on any atom is -0.322 e. The van der Waals surface area contributed by atoms with Gasteiger partial charge in [0.05, 0.1) is 15.6 Å². The van der Waals surface area contributed by atoms with Crippen molar-refractivity contribution in [2.24, 2.45) is 0 Å². The van der Waals surface area contributed by atoms with Crippen LogP contribution in [0.25, 0.3) is 0 Å². The molecule has 0 unspecified atom stereocenters. The third kappa shape index (κ3) is 3.79. The Morgan fingerprint density at radius 1 is 1.00 bits per heavy atom. The van der Waals surface area contributed by atoms with Crippen LogP contribution in [0, 0.1) is 0 Å². The van der Waals surface area contributed by atoms with Gasteiger partial charge in [0, 0.05) is 23.6 Å². The number of hydrogen-bond acceptors (Lipinski definition) is 4. The molecule has 2 aromatic heterocycles. The molecule has 0 atom stereocenters. The summed E-state index contributed by atoms with van der Waals surface area (Å²) in [7, 11) is 0. The second-order valence-electron chi connectivity index (χ2n) is 4.82. The van der Waals surface area contributed by atoms with Crippen molar-refractivity contribution in [3.8, 4) is 0 Å². The summed E-state index contributed by atoms with van der Waals surface area (Å²) in [4.78, 5) is 28.9. The maximum atomic E-state index is 12.3. The van der Waals surface area contributed by atoms with E-state index in [4.69, 9.17) is 11.6 Å². The SMILES string of the molecule is O=C(Nc1ccncc1)c1ccc(Cl)c(NC(=O)c2cccs2)c1. The van der Waals surface area contributed by atoms with E-state index in [9.17, 15) is 9.59 Å². The van der Waals surface area contributed by atoms with Gasteiger partial charge in [0.1, 0.15) is 0 Å². The van der Waals surface area contributed by atoms with Crippen molar-refractivity contribution in [3.05, 3.63) is 75.7 Å². The van der Waals surface area contributed by atoms with E-state index in [-0.39, 0.29) is 11.8 Å². The molecule has 2 heterocycles. The van der Waals surface area contributed by atoms with Gasteiger partial charge in [0.25, 0.3) is 11.8 Å². The molecular weight excluding hydrogens is 346 g/mol. The minimum atomic E-state index is -0.301. The Kier molecular flexibility index (Phi) is 4.88. The molecule has 2 N–H and O–H groups in total. The smallest absolute Gasteiger partial charge is 0.265 e. The van der Waals surface area contributed by atoms with Gasteiger partial charge in [-0.3, -0.25) is 14.6 Å². The van der Waals surface area contributed by atoms with Crippen LogP contribution in [0.5, 0.6) is 0 Å². The van der Waals surface area contributed by atoms with Gasteiger partial charge < -0.3 is 10.6 Å².